The van der Waals surface area contributed by atoms with Crippen LogP contribution >= 0.6 is 0 Å². The maximum atomic E-state index is 6.34. The van der Waals surface area contributed by atoms with E-state index in [1.807, 2.05) is 11.6 Å². The Kier molecular flexibility index (Phi) is 3.53. The van der Waals surface area contributed by atoms with Crippen molar-refractivity contribution in [3.8, 4) is 0 Å². The quantitative estimate of drug-likeness (QED) is 0.900. The van der Waals surface area contributed by atoms with E-state index in [1.165, 1.54) is 5.56 Å². The molecule has 0 spiro atoms. The minimum absolute atomic E-state index is 0.0383. The van der Waals surface area contributed by atoms with Gasteiger partial charge in [-0.3, -0.25) is 4.68 Å². The molecule has 2 rings (SSSR count). The van der Waals surface area contributed by atoms with Crippen molar-refractivity contribution < 1.29 is 0 Å². The van der Waals surface area contributed by atoms with Crippen molar-refractivity contribution >= 4 is 0 Å². The molecule has 3 heteroatoms. The van der Waals surface area contributed by atoms with Crippen LogP contribution in [-0.2, 0) is 0 Å². The van der Waals surface area contributed by atoms with Gasteiger partial charge in [-0.25, -0.2) is 0 Å². The minimum atomic E-state index is -0.0383. The molecule has 0 aliphatic rings. The summed E-state index contributed by atoms with van der Waals surface area (Å²) in [6.07, 6.45) is 0. The number of benzene rings is 1. The van der Waals surface area contributed by atoms with Crippen molar-refractivity contribution in [3.63, 3.8) is 0 Å². The zero-order chi connectivity index (χ0) is 13.3. The molecule has 18 heavy (non-hydrogen) atoms. The van der Waals surface area contributed by atoms with Gasteiger partial charge in [-0.15, -0.1) is 0 Å². The summed E-state index contributed by atoms with van der Waals surface area (Å²) in [5, 5.41) is 4.51. The lowest BCUT2D eigenvalue weighted by molar-refractivity contribution is 0.405. The second-order valence-electron chi connectivity index (χ2n) is 5.05. The molecule has 2 atom stereocenters. The number of nitrogens with zero attached hydrogens (tertiary/aromatic N) is 2. The molecule has 96 valence electrons. The highest BCUT2D eigenvalue weighted by Gasteiger charge is 2.18. The predicted octanol–water partition coefficient (Wildman–Crippen LogP) is 3.07. The molecular weight excluding hydrogens is 222 g/mol. The number of aromatic nitrogens is 2. The molecule has 3 nitrogen and oxygen atoms in total. The van der Waals surface area contributed by atoms with E-state index < -0.39 is 0 Å². The zero-order valence-corrected chi connectivity index (χ0v) is 11.5. The molecule has 1 aromatic carbocycles. The first kappa shape index (κ1) is 12.8. The van der Waals surface area contributed by atoms with Crippen molar-refractivity contribution in [2.24, 2.45) is 5.73 Å². The molecule has 0 radical (unpaired) electrons. The van der Waals surface area contributed by atoms with Crippen LogP contribution in [0.2, 0.25) is 0 Å². The van der Waals surface area contributed by atoms with Crippen LogP contribution < -0.4 is 5.73 Å². The van der Waals surface area contributed by atoms with Crippen LogP contribution in [0.25, 0.3) is 0 Å². The Morgan fingerprint density at radius 2 is 1.72 bits per heavy atom. The van der Waals surface area contributed by atoms with Gasteiger partial charge in [0.05, 0.1) is 17.8 Å². The zero-order valence-electron chi connectivity index (χ0n) is 11.5. The maximum absolute atomic E-state index is 6.34. The molecule has 0 aliphatic carbocycles. The molecular formula is C15H21N3. The minimum Gasteiger partial charge on any atom is -0.322 e. The maximum Gasteiger partial charge on any atom is 0.0686 e. The molecule has 2 unspecified atom stereocenters. The monoisotopic (exact) mass is 243 g/mol. The van der Waals surface area contributed by atoms with Gasteiger partial charge in [0, 0.05) is 5.69 Å². The van der Waals surface area contributed by atoms with E-state index in [9.17, 15) is 0 Å². The van der Waals surface area contributed by atoms with Gasteiger partial charge in [0.2, 0.25) is 0 Å². The van der Waals surface area contributed by atoms with Crippen molar-refractivity contribution in [2.75, 3.05) is 0 Å². The van der Waals surface area contributed by atoms with Crippen molar-refractivity contribution in [3.05, 3.63) is 52.8 Å². The third-order valence-electron chi connectivity index (χ3n) is 3.41. The van der Waals surface area contributed by atoms with Crippen LogP contribution in [0.5, 0.6) is 0 Å². The second-order valence-corrected chi connectivity index (χ2v) is 5.05. The fraction of sp³-hybridized carbons (Fsp3) is 0.400. The Morgan fingerprint density at radius 3 is 2.22 bits per heavy atom. The van der Waals surface area contributed by atoms with Crippen LogP contribution in [0.15, 0.2) is 30.3 Å². The molecule has 2 aromatic rings. The van der Waals surface area contributed by atoms with E-state index >= 15 is 0 Å². The van der Waals surface area contributed by atoms with E-state index in [-0.39, 0.29) is 12.1 Å². The van der Waals surface area contributed by atoms with Gasteiger partial charge in [-0.2, -0.15) is 5.10 Å². The standard InChI is InChI=1S/C15H21N3/c1-10-5-7-14(8-6-10)15(16)13(4)18-12(3)9-11(2)17-18/h5-9,13,15H,16H2,1-4H3. The summed E-state index contributed by atoms with van der Waals surface area (Å²) >= 11 is 0. The lowest BCUT2D eigenvalue weighted by atomic mass is 10.0. The average molecular weight is 243 g/mol. The predicted molar refractivity (Wildman–Crippen MR) is 74.5 cm³/mol. The molecule has 1 aromatic heterocycles. The lowest BCUT2D eigenvalue weighted by Crippen LogP contribution is -2.24. The smallest absolute Gasteiger partial charge is 0.0686 e. The van der Waals surface area contributed by atoms with Crippen LogP contribution in [0, 0.1) is 20.8 Å². The van der Waals surface area contributed by atoms with Gasteiger partial charge >= 0.3 is 0 Å². The van der Waals surface area contributed by atoms with Gasteiger partial charge in [0.25, 0.3) is 0 Å². The first-order chi connectivity index (χ1) is 8.49. The summed E-state index contributed by atoms with van der Waals surface area (Å²) < 4.78 is 2.01. The van der Waals surface area contributed by atoms with Gasteiger partial charge in [0.1, 0.15) is 0 Å². The average Bonchev–Trinajstić information content (AvgIpc) is 2.67. The summed E-state index contributed by atoms with van der Waals surface area (Å²) in [5.41, 5.74) is 10.9. The summed E-state index contributed by atoms with van der Waals surface area (Å²) in [6.45, 7) is 8.27. The van der Waals surface area contributed by atoms with Crippen LogP contribution in [-0.4, -0.2) is 9.78 Å². The lowest BCUT2D eigenvalue weighted by Gasteiger charge is -2.22. The topological polar surface area (TPSA) is 43.8 Å². The van der Waals surface area contributed by atoms with Crippen molar-refractivity contribution in [1.29, 1.82) is 0 Å². The van der Waals surface area contributed by atoms with Gasteiger partial charge < -0.3 is 5.73 Å². The van der Waals surface area contributed by atoms with E-state index in [0.29, 0.717) is 0 Å². The highest BCUT2D eigenvalue weighted by atomic mass is 15.3. The molecule has 0 saturated heterocycles. The fourth-order valence-corrected chi connectivity index (χ4v) is 2.28. The van der Waals surface area contributed by atoms with E-state index in [2.05, 4.69) is 56.2 Å². The van der Waals surface area contributed by atoms with Gasteiger partial charge in [0.15, 0.2) is 0 Å². The van der Waals surface area contributed by atoms with Crippen LogP contribution in [0.4, 0.5) is 0 Å². The number of hydrogen-bond donors (Lipinski definition) is 1. The number of nitrogens with two attached hydrogens (primary N) is 1. The number of rotatable bonds is 3. The SMILES string of the molecule is Cc1ccc(C(N)C(C)n2nc(C)cc2C)cc1. The molecule has 2 N–H and O–H groups in total. The Labute approximate surface area is 109 Å². The number of aryl methyl sites for hydroxylation is 3. The van der Waals surface area contributed by atoms with Gasteiger partial charge in [-0.1, -0.05) is 29.8 Å². The molecule has 0 saturated carbocycles. The van der Waals surface area contributed by atoms with E-state index in [1.54, 1.807) is 0 Å². The highest BCUT2D eigenvalue weighted by molar-refractivity contribution is 5.25. The highest BCUT2D eigenvalue weighted by Crippen LogP contribution is 2.24. The van der Waals surface area contributed by atoms with Crippen molar-refractivity contribution in [2.45, 2.75) is 39.8 Å². The molecule has 1 heterocycles. The number of hydrogen-bond acceptors (Lipinski definition) is 2. The van der Waals surface area contributed by atoms with Crippen LogP contribution in [0.1, 0.15) is 41.5 Å². The summed E-state index contributed by atoms with van der Waals surface area (Å²) in [7, 11) is 0. The van der Waals surface area contributed by atoms with E-state index in [0.717, 1.165) is 17.0 Å². The Balaban J connectivity index is 2.25. The summed E-state index contributed by atoms with van der Waals surface area (Å²) in [6, 6.07) is 10.6. The Hall–Kier alpha value is -1.61. The summed E-state index contributed by atoms with van der Waals surface area (Å²) in [5.74, 6) is 0. The molecule has 0 fully saturated rings. The normalized spacial score (nSPS) is 14.5. The third kappa shape index (κ3) is 2.46. The summed E-state index contributed by atoms with van der Waals surface area (Å²) in [4.78, 5) is 0. The largest absolute Gasteiger partial charge is 0.322 e. The van der Waals surface area contributed by atoms with E-state index in [4.69, 9.17) is 5.73 Å². The second kappa shape index (κ2) is 4.94. The van der Waals surface area contributed by atoms with Crippen LogP contribution in [0.3, 0.4) is 0 Å². The molecule has 0 amide bonds. The van der Waals surface area contributed by atoms with Gasteiger partial charge in [-0.05, 0) is 39.3 Å². The fourth-order valence-electron chi connectivity index (χ4n) is 2.28. The van der Waals surface area contributed by atoms with Crippen molar-refractivity contribution in [1.82, 2.24) is 9.78 Å². The first-order valence-electron chi connectivity index (χ1n) is 6.34. The molecule has 0 bridgehead atoms. The Bertz CT molecular complexity index is 525. The third-order valence-corrected chi connectivity index (χ3v) is 3.41. The molecule has 0 aliphatic heterocycles. The first-order valence-corrected chi connectivity index (χ1v) is 6.34. The Morgan fingerprint density at radius 1 is 1.11 bits per heavy atom.